The molecular weight excluding hydrogens is 307 g/mol. The molecule has 0 aliphatic rings. The quantitative estimate of drug-likeness (QED) is 0.446. The van der Waals surface area contributed by atoms with Crippen molar-refractivity contribution in [1.82, 2.24) is 0 Å². The maximum Gasteiger partial charge on any atom is 0.341 e. The Labute approximate surface area is 75.3 Å². The summed E-state index contributed by atoms with van der Waals surface area (Å²) in [7, 11) is 0. The molecule has 0 aliphatic carbocycles. The van der Waals surface area contributed by atoms with E-state index in [2.05, 4.69) is 6.58 Å². The molecule has 0 saturated heterocycles. The summed E-state index contributed by atoms with van der Waals surface area (Å²) in [5, 5.41) is 7.88. The minimum atomic E-state index is -0.949. The van der Waals surface area contributed by atoms with Crippen LogP contribution in [-0.2, 0) is 32.1 Å². The summed E-state index contributed by atoms with van der Waals surface area (Å²) in [4.78, 5) is 9.59. The zero-order valence-electron chi connectivity index (χ0n) is 3.65. The molecule has 2 nitrogen and oxygen atoms in total. The second-order valence-electron chi connectivity index (χ2n) is 0.710. The standard InChI is InChI=1S/C3H3IO2.Cd/c1-2(4)3(5)6;/h1H2,(H,5,6);. The summed E-state index contributed by atoms with van der Waals surface area (Å²) in [5.41, 5.74) is 0. The van der Waals surface area contributed by atoms with Gasteiger partial charge in [0, 0.05) is 27.3 Å². The maximum atomic E-state index is 9.59. The fourth-order valence-electron chi connectivity index (χ4n) is 0. The number of hydrogen-bond acceptors (Lipinski definition) is 1. The molecule has 0 aliphatic heterocycles. The van der Waals surface area contributed by atoms with Crippen molar-refractivity contribution in [2.45, 2.75) is 0 Å². The topological polar surface area (TPSA) is 37.3 Å². The minimum Gasteiger partial charge on any atom is -0.477 e. The average molecular weight is 310 g/mol. The van der Waals surface area contributed by atoms with Crippen molar-refractivity contribution in [2.75, 3.05) is 0 Å². The van der Waals surface area contributed by atoms with Crippen LogP contribution in [0.4, 0.5) is 0 Å². The number of carbonyl (C=O) groups is 1. The molecule has 0 heterocycles. The molecule has 0 amide bonds. The van der Waals surface area contributed by atoms with Crippen LogP contribution in [0.5, 0.6) is 0 Å². The molecule has 0 saturated carbocycles. The van der Waals surface area contributed by atoms with Gasteiger partial charge in [0.05, 0.1) is 3.58 Å². The van der Waals surface area contributed by atoms with Crippen molar-refractivity contribution >= 4 is 28.6 Å². The van der Waals surface area contributed by atoms with E-state index in [9.17, 15) is 4.79 Å². The molecule has 0 unspecified atom stereocenters. The summed E-state index contributed by atoms with van der Waals surface area (Å²) in [6.07, 6.45) is 0. The molecule has 36 valence electrons. The van der Waals surface area contributed by atoms with E-state index in [1.165, 1.54) is 0 Å². The molecule has 0 fully saturated rings. The molecule has 0 rings (SSSR count). The van der Waals surface area contributed by atoms with Gasteiger partial charge in [-0.05, 0) is 22.6 Å². The van der Waals surface area contributed by atoms with Gasteiger partial charge in [0.25, 0.3) is 0 Å². The largest absolute Gasteiger partial charge is 0.477 e. The molecular formula is C3H3CdIO2. The maximum absolute atomic E-state index is 9.59. The van der Waals surface area contributed by atoms with E-state index in [-0.39, 0.29) is 30.9 Å². The van der Waals surface area contributed by atoms with E-state index in [0.29, 0.717) is 0 Å². The van der Waals surface area contributed by atoms with Crippen LogP contribution >= 0.6 is 22.6 Å². The Morgan fingerprint density at radius 1 is 1.71 bits per heavy atom. The molecule has 0 aromatic carbocycles. The van der Waals surface area contributed by atoms with Crippen LogP contribution in [0.2, 0.25) is 0 Å². The molecule has 0 aromatic heterocycles. The third-order valence-electron chi connectivity index (χ3n) is 0.232. The van der Waals surface area contributed by atoms with Crippen molar-refractivity contribution in [2.24, 2.45) is 0 Å². The third kappa shape index (κ3) is 6.86. The van der Waals surface area contributed by atoms with E-state index < -0.39 is 5.97 Å². The predicted molar refractivity (Wildman–Crippen MR) is 30.8 cm³/mol. The van der Waals surface area contributed by atoms with Crippen molar-refractivity contribution in [1.29, 1.82) is 0 Å². The SMILES string of the molecule is C=C(I)C(=O)O.[Cd]. The van der Waals surface area contributed by atoms with Gasteiger partial charge in [-0.2, -0.15) is 0 Å². The second kappa shape index (κ2) is 5.01. The molecule has 0 bridgehead atoms. The van der Waals surface area contributed by atoms with Gasteiger partial charge in [-0.1, -0.05) is 6.58 Å². The zero-order chi connectivity index (χ0) is 5.15. The average Bonchev–Trinajstić information content (AvgIpc) is 1.36. The smallest absolute Gasteiger partial charge is 0.341 e. The minimum absolute atomic E-state index is 0. The fourth-order valence-corrected chi connectivity index (χ4v) is 0. The van der Waals surface area contributed by atoms with Crippen molar-refractivity contribution in [3.8, 4) is 0 Å². The van der Waals surface area contributed by atoms with E-state index in [0.717, 1.165) is 0 Å². The summed E-state index contributed by atoms with van der Waals surface area (Å²) in [6.45, 7) is 3.14. The number of hydrogen-bond donors (Lipinski definition) is 1. The first-order chi connectivity index (χ1) is 2.64. The molecule has 1 N–H and O–H groups in total. The van der Waals surface area contributed by atoms with Crippen LogP contribution in [0, 0.1) is 0 Å². The first kappa shape index (κ1) is 10.8. The summed E-state index contributed by atoms with van der Waals surface area (Å²) in [5.74, 6) is -0.949. The summed E-state index contributed by atoms with van der Waals surface area (Å²) >= 11 is 1.64. The van der Waals surface area contributed by atoms with Crippen molar-refractivity contribution < 1.29 is 37.2 Å². The first-order valence-electron chi connectivity index (χ1n) is 1.22. The van der Waals surface area contributed by atoms with Crippen molar-refractivity contribution in [3.63, 3.8) is 0 Å². The Hall–Kier alpha value is 0.862. The Morgan fingerprint density at radius 2 is 1.86 bits per heavy atom. The van der Waals surface area contributed by atoms with Gasteiger partial charge < -0.3 is 5.11 Å². The van der Waals surface area contributed by atoms with Gasteiger partial charge in [0.1, 0.15) is 0 Å². The zero-order valence-corrected chi connectivity index (χ0v) is 9.84. The number of carboxylic acids is 1. The van der Waals surface area contributed by atoms with E-state index in [4.69, 9.17) is 5.11 Å². The fraction of sp³-hybridized carbons (Fsp3) is 0. The predicted octanol–water partition coefficient (Wildman–Crippen LogP) is 1.02. The third-order valence-corrected chi connectivity index (χ3v) is 0.693. The van der Waals surface area contributed by atoms with Crippen LogP contribution in [0.15, 0.2) is 10.2 Å². The van der Waals surface area contributed by atoms with Gasteiger partial charge in [0.2, 0.25) is 0 Å². The van der Waals surface area contributed by atoms with Gasteiger partial charge >= 0.3 is 5.97 Å². The van der Waals surface area contributed by atoms with E-state index >= 15 is 0 Å². The molecule has 0 atom stereocenters. The first-order valence-corrected chi connectivity index (χ1v) is 2.30. The van der Waals surface area contributed by atoms with Gasteiger partial charge in [-0.15, -0.1) is 0 Å². The number of halogens is 1. The number of carboxylic acid groups (broad SMARTS) is 1. The molecule has 0 aromatic rings. The Balaban J connectivity index is 0. The summed E-state index contributed by atoms with van der Waals surface area (Å²) in [6, 6.07) is 0. The number of aliphatic carboxylic acids is 1. The molecule has 4 heteroatoms. The van der Waals surface area contributed by atoms with E-state index in [1.807, 2.05) is 0 Å². The van der Waals surface area contributed by atoms with E-state index in [1.54, 1.807) is 22.6 Å². The van der Waals surface area contributed by atoms with Crippen molar-refractivity contribution in [3.05, 3.63) is 10.2 Å². The van der Waals surface area contributed by atoms with Gasteiger partial charge in [0.15, 0.2) is 0 Å². The molecule has 7 heavy (non-hydrogen) atoms. The Kier molecular flexibility index (Phi) is 7.71. The van der Waals surface area contributed by atoms with Gasteiger partial charge in [-0.25, -0.2) is 4.79 Å². The Bertz CT molecular complexity index is 78.9. The van der Waals surface area contributed by atoms with Gasteiger partial charge in [-0.3, -0.25) is 0 Å². The van der Waals surface area contributed by atoms with Crippen LogP contribution in [0.3, 0.4) is 0 Å². The van der Waals surface area contributed by atoms with Crippen LogP contribution < -0.4 is 0 Å². The summed E-state index contributed by atoms with van der Waals surface area (Å²) < 4.78 is 0.146. The number of rotatable bonds is 1. The second-order valence-corrected chi connectivity index (χ2v) is 2.01. The van der Waals surface area contributed by atoms with Crippen LogP contribution in [-0.4, -0.2) is 11.1 Å². The van der Waals surface area contributed by atoms with Crippen LogP contribution in [0.25, 0.3) is 0 Å². The Morgan fingerprint density at radius 3 is 1.86 bits per heavy atom. The molecule has 0 spiro atoms. The molecule has 0 radical (unpaired) electrons. The van der Waals surface area contributed by atoms with Crippen LogP contribution in [0.1, 0.15) is 0 Å². The monoisotopic (exact) mass is 312 g/mol. The normalized spacial score (nSPS) is 6.43.